The van der Waals surface area contributed by atoms with Crippen LogP contribution in [0, 0.1) is 11.3 Å². The highest BCUT2D eigenvalue weighted by atomic mass is 15.1. The van der Waals surface area contributed by atoms with Crippen LogP contribution in [-0.4, -0.2) is 9.55 Å². The first-order valence-electron chi connectivity index (χ1n) is 5.69. The SMILES string of the molecule is CCCCc1nc(CC)cn1C(C)C#N. The van der Waals surface area contributed by atoms with Gasteiger partial charge in [0.05, 0.1) is 11.8 Å². The Morgan fingerprint density at radius 2 is 2.27 bits per heavy atom. The third kappa shape index (κ3) is 2.82. The van der Waals surface area contributed by atoms with Crippen molar-refractivity contribution in [3.8, 4) is 6.07 Å². The molecular formula is C12H19N3. The van der Waals surface area contributed by atoms with Crippen molar-refractivity contribution in [1.29, 1.82) is 5.26 Å². The van der Waals surface area contributed by atoms with E-state index in [1.165, 1.54) is 0 Å². The molecule has 0 aliphatic carbocycles. The summed E-state index contributed by atoms with van der Waals surface area (Å²) in [5.41, 5.74) is 1.09. The van der Waals surface area contributed by atoms with Gasteiger partial charge in [-0.1, -0.05) is 20.3 Å². The van der Waals surface area contributed by atoms with Crippen LogP contribution in [0.4, 0.5) is 0 Å². The lowest BCUT2D eigenvalue weighted by atomic mass is 10.2. The summed E-state index contributed by atoms with van der Waals surface area (Å²) < 4.78 is 2.01. The zero-order valence-electron chi connectivity index (χ0n) is 9.82. The van der Waals surface area contributed by atoms with E-state index in [4.69, 9.17) is 5.26 Å². The second kappa shape index (κ2) is 5.55. The summed E-state index contributed by atoms with van der Waals surface area (Å²) >= 11 is 0. The summed E-state index contributed by atoms with van der Waals surface area (Å²) in [6.45, 7) is 6.17. The molecule has 0 fully saturated rings. The van der Waals surface area contributed by atoms with Crippen LogP contribution in [0.5, 0.6) is 0 Å². The van der Waals surface area contributed by atoms with Crippen LogP contribution in [-0.2, 0) is 12.8 Å². The molecule has 3 nitrogen and oxygen atoms in total. The van der Waals surface area contributed by atoms with Crippen molar-refractivity contribution in [2.45, 2.75) is 52.5 Å². The van der Waals surface area contributed by atoms with E-state index in [9.17, 15) is 0 Å². The molecule has 0 aliphatic heterocycles. The molecule has 0 radical (unpaired) electrons. The summed E-state index contributed by atoms with van der Waals surface area (Å²) in [5, 5.41) is 8.92. The van der Waals surface area contributed by atoms with Crippen LogP contribution < -0.4 is 0 Å². The van der Waals surface area contributed by atoms with Crippen LogP contribution in [0.2, 0.25) is 0 Å². The van der Waals surface area contributed by atoms with Gasteiger partial charge in [0.2, 0.25) is 0 Å². The maximum atomic E-state index is 8.92. The van der Waals surface area contributed by atoms with Crippen molar-refractivity contribution < 1.29 is 0 Å². The van der Waals surface area contributed by atoms with Gasteiger partial charge < -0.3 is 4.57 Å². The molecule has 0 N–H and O–H groups in total. The predicted molar refractivity (Wildman–Crippen MR) is 60.5 cm³/mol. The Balaban J connectivity index is 2.91. The number of rotatable bonds is 5. The highest BCUT2D eigenvalue weighted by Gasteiger charge is 2.11. The normalized spacial score (nSPS) is 12.4. The fourth-order valence-electron chi connectivity index (χ4n) is 1.58. The molecule has 0 spiro atoms. The molecule has 15 heavy (non-hydrogen) atoms. The van der Waals surface area contributed by atoms with Crippen molar-refractivity contribution in [1.82, 2.24) is 9.55 Å². The quantitative estimate of drug-likeness (QED) is 0.741. The van der Waals surface area contributed by atoms with Crippen molar-refractivity contribution in [3.05, 3.63) is 17.7 Å². The van der Waals surface area contributed by atoms with E-state index in [1.807, 2.05) is 17.7 Å². The topological polar surface area (TPSA) is 41.6 Å². The Kier molecular flexibility index (Phi) is 4.36. The van der Waals surface area contributed by atoms with Gasteiger partial charge in [0.25, 0.3) is 0 Å². The summed E-state index contributed by atoms with van der Waals surface area (Å²) in [6, 6.07) is 2.15. The van der Waals surface area contributed by atoms with E-state index in [1.54, 1.807) is 0 Å². The standard InChI is InChI=1S/C12H19N3/c1-4-6-7-12-14-11(5-2)9-15(12)10(3)8-13/h9-10H,4-7H2,1-3H3. The summed E-state index contributed by atoms with van der Waals surface area (Å²) in [6.07, 6.45) is 6.22. The Morgan fingerprint density at radius 3 is 2.80 bits per heavy atom. The minimum absolute atomic E-state index is 0.107. The summed E-state index contributed by atoms with van der Waals surface area (Å²) in [5.74, 6) is 1.06. The number of aromatic nitrogens is 2. The lowest BCUT2D eigenvalue weighted by Crippen LogP contribution is -2.06. The molecule has 0 saturated heterocycles. The predicted octanol–water partition coefficient (Wildman–Crippen LogP) is 2.87. The number of unbranched alkanes of at least 4 members (excludes halogenated alkanes) is 1. The lowest BCUT2D eigenvalue weighted by molar-refractivity contribution is 0.611. The number of nitriles is 1. The van der Waals surface area contributed by atoms with Gasteiger partial charge in [-0.2, -0.15) is 5.26 Å². The smallest absolute Gasteiger partial charge is 0.119 e. The second-order valence-corrected chi connectivity index (χ2v) is 3.82. The minimum Gasteiger partial charge on any atom is -0.318 e. The first-order valence-corrected chi connectivity index (χ1v) is 5.69. The number of aryl methyl sites for hydroxylation is 2. The molecule has 1 aromatic heterocycles. The van der Waals surface area contributed by atoms with E-state index in [2.05, 4.69) is 24.9 Å². The van der Waals surface area contributed by atoms with Gasteiger partial charge in [-0.15, -0.1) is 0 Å². The zero-order chi connectivity index (χ0) is 11.3. The van der Waals surface area contributed by atoms with Crippen LogP contribution in [0.3, 0.4) is 0 Å². The second-order valence-electron chi connectivity index (χ2n) is 3.82. The van der Waals surface area contributed by atoms with Crippen LogP contribution in [0.15, 0.2) is 6.20 Å². The number of hydrogen-bond acceptors (Lipinski definition) is 2. The van der Waals surface area contributed by atoms with Crippen LogP contribution in [0.25, 0.3) is 0 Å². The van der Waals surface area contributed by atoms with Gasteiger partial charge in [-0.05, 0) is 19.8 Å². The molecule has 82 valence electrons. The van der Waals surface area contributed by atoms with Gasteiger partial charge in [0.15, 0.2) is 0 Å². The Labute approximate surface area is 91.7 Å². The Morgan fingerprint density at radius 1 is 1.53 bits per heavy atom. The van der Waals surface area contributed by atoms with E-state index in [0.717, 1.165) is 37.2 Å². The maximum absolute atomic E-state index is 8.92. The average Bonchev–Trinajstić information content (AvgIpc) is 2.68. The third-order valence-electron chi connectivity index (χ3n) is 2.58. The summed E-state index contributed by atoms with van der Waals surface area (Å²) in [4.78, 5) is 4.55. The minimum atomic E-state index is -0.107. The molecule has 1 rings (SSSR count). The van der Waals surface area contributed by atoms with Gasteiger partial charge in [0.1, 0.15) is 11.9 Å². The van der Waals surface area contributed by atoms with Crippen molar-refractivity contribution >= 4 is 0 Å². The molecule has 0 aromatic carbocycles. The first-order chi connectivity index (χ1) is 7.22. The summed E-state index contributed by atoms with van der Waals surface area (Å²) in [7, 11) is 0. The number of nitrogens with zero attached hydrogens (tertiary/aromatic N) is 3. The fraction of sp³-hybridized carbons (Fsp3) is 0.667. The molecule has 3 heteroatoms. The molecule has 0 saturated carbocycles. The van der Waals surface area contributed by atoms with Crippen LogP contribution in [0.1, 0.15) is 51.2 Å². The Bertz CT molecular complexity index is 346. The van der Waals surface area contributed by atoms with Gasteiger partial charge >= 0.3 is 0 Å². The molecule has 0 bridgehead atoms. The van der Waals surface area contributed by atoms with Crippen molar-refractivity contribution in [2.75, 3.05) is 0 Å². The average molecular weight is 205 g/mol. The van der Waals surface area contributed by atoms with E-state index < -0.39 is 0 Å². The molecule has 1 atom stereocenters. The van der Waals surface area contributed by atoms with Gasteiger partial charge in [0, 0.05) is 12.6 Å². The Hall–Kier alpha value is -1.30. The molecule has 1 heterocycles. The van der Waals surface area contributed by atoms with Crippen molar-refractivity contribution in [2.24, 2.45) is 0 Å². The lowest BCUT2D eigenvalue weighted by Gasteiger charge is -2.08. The number of hydrogen-bond donors (Lipinski definition) is 0. The molecule has 1 unspecified atom stereocenters. The maximum Gasteiger partial charge on any atom is 0.119 e. The van der Waals surface area contributed by atoms with Crippen molar-refractivity contribution in [3.63, 3.8) is 0 Å². The van der Waals surface area contributed by atoms with Gasteiger partial charge in [-0.25, -0.2) is 4.98 Å². The van der Waals surface area contributed by atoms with Gasteiger partial charge in [-0.3, -0.25) is 0 Å². The molecule has 0 amide bonds. The van der Waals surface area contributed by atoms with Crippen LogP contribution >= 0.6 is 0 Å². The molecule has 1 aromatic rings. The fourth-order valence-corrected chi connectivity index (χ4v) is 1.58. The molecule has 0 aliphatic rings. The molecular weight excluding hydrogens is 186 g/mol. The first kappa shape index (κ1) is 11.8. The largest absolute Gasteiger partial charge is 0.318 e. The highest BCUT2D eigenvalue weighted by Crippen LogP contribution is 2.13. The third-order valence-corrected chi connectivity index (χ3v) is 2.58. The highest BCUT2D eigenvalue weighted by molar-refractivity contribution is 5.08. The van der Waals surface area contributed by atoms with E-state index >= 15 is 0 Å². The monoisotopic (exact) mass is 205 g/mol. The van der Waals surface area contributed by atoms with E-state index in [0.29, 0.717) is 0 Å². The zero-order valence-corrected chi connectivity index (χ0v) is 9.82. The number of imidazole rings is 1. The van der Waals surface area contributed by atoms with E-state index in [-0.39, 0.29) is 6.04 Å².